The highest BCUT2D eigenvalue weighted by atomic mass is 19.4. The highest BCUT2D eigenvalue weighted by Crippen LogP contribution is 2.29. The van der Waals surface area contributed by atoms with Crippen LogP contribution in [-0.2, 0) is 12.7 Å². The lowest BCUT2D eigenvalue weighted by molar-refractivity contribution is -0.137. The van der Waals surface area contributed by atoms with Crippen LogP contribution in [0.2, 0.25) is 0 Å². The Kier molecular flexibility index (Phi) is 5.08. The molecule has 0 amide bonds. The van der Waals surface area contributed by atoms with E-state index in [-0.39, 0.29) is 0 Å². The van der Waals surface area contributed by atoms with Crippen LogP contribution < -0.4 is 5.43 Å². The summed E-state index contributed by atoms with van der Waals surface area (Å²) < 4.78 is 40.1. The number of nitrogens with one attached hydrogen (secondary N) is 1. The molecule has 3 aromatic carbocycles. The van der Waals surface area contributed by atoms with Crippen molar-refractivity contribution in [2.75, 3.05) is 5.43 Å². The summed E-state index contributed by atoms with van der Waals surface area (Å²) in [5, 5.41) is 5.26. The van der Waals surface area contributed by atoms with Crippen LogP contribution in [0.4, 0.5) is 18.9 Å². The van der Waals surface area contributed by atoms with Gasteiger partial charge in [-0.25, -0.2) is 0 Å². The molecule has 0 aliphatic carbocycles. The van der Waals surface area contributed by atoms with Crippen LogP contribution in [-0.4, -0.2) is 10.8 Å². The molecule has 0 bridgehead atoms. The van der Waals surface area contributed by atoms with Gasteiger partial charge >= 0.3 is 6.18 Å². The smallest absolute Gasteiger partial charge is 0.342 e. The Labute approximate surface area is 166 Å². The van der Waals surface area contributed by atoms with Crippen molar-refractivity contribution >= 4 is 22.8 Å². The van der Waals surface area contributed by atoms with E-state index < -0.39 is 11.7 Å². The Hall–Kier alpha value is -3.54. The lowest BCUT2D eigenvalue weighted by Crippen LogP contribution is -2.04. The number of hydrazone groups is 1. The molecule has 0 aliphatic heterocycles. The van der Waals surface area contributed by atoms with Crippen molar-refractivity contribution < 1.29 is 13.2 Å². The number of fused-ring (bicyclic) bond motifs is 1. The van der Waals surface area contributed by atoms with Gasteiger partial charge in [0.05, 0.1) is 17.5 Å². The summed E-state index contributed by atoms with van der Waals surface area (Å²) in [5.41, 5.74) is 5.80. The Bertz CT molecular complexity index is 1130. The Morgan fingerprint density at radius 1 is 0.862 bits per heavy atom. The van der Waals surface area contributed by atoms with Crippen molar-refractivity contribution in [3.8, 4) is 0 Å². The van der Waals surface area contributed by atoms with Crippen molar-refractivity contribution in [1.82, 2.24) is 4.57 Å². The minimum absolute atomic E-state index is 0.488. The monoisotopic (exact) mass is 393 g/mol. The van der Waals surface area contributed by atoms with E-state index in [0.29, 0.717) is 5.69 Å². The molecule has 0 saturated heterocycles. The fraction of sp³-hybridized carbons (Fsp3) is 0.0870. The number of hydrogen-bond donors (Lipinski definition) is 1. The quantitative estimate of drug-likeness (QED) is 0.320. The first-order chi connectivity index (χ1) is 14.0. The van der Waals surface area contributed by atoms with Gasteiger partial charge in [0.15, 0.2) is 0 Å². The lowest BCUT2D eigenvalue weighted by Gasteiger charge is -2.06. The third-order valence-electron chi connectivity index (χ3n) is 4.62. The van der Waals surface area contributed by atoms with Crippen LogP contribution in [0.15, 0.2) is 90.2 Å². The number of aromatic nitrogens is 1. The van der Waals surface area contributed by atoms with Gasteiger partial charge in [0.1, 0.15) is 0 Å². The topological polar surface area (TPSA) is 29.3 Å². The van der Waals surface area contributed by atoms with Crippen molar-refractivity contribution in [2.24, 2.45) is 5.10 Å². The predicted molar refractivity (Wildman–Crippen MR) is 110 cm³/mol. The molecule has 0 aliphatic rings. The molecule has 1 heterocycles. The fourth-order valence-corrected chi connectivity index (χ4v) is 3.20. The molecular weight excluding hydrogens is 375 g/mol. The van der Waals surface area contributed by atoms with Crippen LogP contribution in [0, 0.1) is 0 Å². The number of anilines is 1. The SMILES string of the molecule is FC(F)(F)c1ccc(N/N=C/c2cn(Cc3ccccc3)c3ccccc23)cc1. The summed E-state index contributed by atoms with van der Waals surface area (Å²) in [5.74, 6) is 0. The standard InChI is InChI=1S/C23H18F3N3/c24-23(25,26)19-10-12-20(13-11-19)28-27-14-18-16-29(15-17-6-2-1-3-7-17)22-9-5-4-8-21(18)22/h1-14,16,28H,15H2/b27-14+. The van der Waals surface area contributed by atoms with E-state index >= 15 is 0 Å². The maximum absolute atomic E-state index is 12.6. The van der Waals surface area contributed by atoms with E-state index in [1.165, 1.54) is 17.7 Å². The maximum atomic E-state index is 12.6. The molecule has 146 valence electrons. The summed E-state index contributed by atoms with van der Waals surface area (Å²) >= 11 is 0. The Balaban J connectivity index is 1.55. The van der Waals surface area contributed by atoms with E-state index in [1.807, 2.05) is 42.6 Å². The lowest BCUT2D eigenvalue weighted by atomic mass is 10.2. The maximum Gasteiger partial charge on any atom is 0.416 e. The number of para-hydroxylation sites is 1. The number of rotatable bonds is 5. The van der Waals surface area contributed by atoms with Crippen LogP contribution in [0.1, 0.15) is 16.7 Å². The first-order valence-corrected chi connectivity index (χ1v) is 9.09. The minimum atomic E-state index is -4.34. The molecule has 4 rings (SSSR count). The van der Waals surface area contributed by atoms with E-state index in [0.717, 1.165) is 35.1 Å². The Morgan fingerprint density at radius 3 is 2.28 bits per heavy atom. The predicted octanol–water partition coefficient (Wildman–Crippen LogP) is 6.15. The van der Waals surface area contributed by atoms with Crippen molar-refractivity contribution in [2.45, 2.75) is 12.7 Å². The molecule has 0 saturated carbocycles. The van der Waals surface area contributed by atoms with E-state index in [9.17, 15) is 13.2 Å². The molecule has 0 spiro atoms. The number of halogens is 3. The van der Waals surface area contributed by atoms with Crippen LogP contribution in [0.5, 0.6) is 0 Å². The van der Waals surface area contributed by atoms with Crippen molar-refractivity contribution in [3.63, 3.8) is 0 Å². The summed E-state index contributed by atoms with van der Waals surface area (Å²) in [6, 6.07) is 23.0. The highest BCUT2D eigenvalue weighted by Gasteiger charge is 2.29. The molecule has 0 radical (unpaired) electrons. The molecule has 0 fully saturated rings. The van der Waals surface area contributed by atoms with Crippen molar-refractivity contribution in [3.05, 3.63) is 102 Å². The molecular formula is C23H18F3N3. The molecule has 29 heavy (non-hydrogen) atoms. The van der Waals surface area contributed by atoms with Gasteiger partial charge in [0.25, 0.3) is 0 Å². The molecule has 0 unspecified atom stereocenters. The normalized spacial score (nSPS) is 12.0. The second-order valence-corrected chi connectivity index (χ2v) is 6.66. The van der Waals surface area contributed by atoms with Gasteiger partial charge in [-0.15, -0.1) is 0 Å². The highest BCUT2D eigenvalue weighted by molar-refractivity contribution is 5.99. The molecule has 1 N–H and O–H groups in total. The average Bonchev–Trinajstić information content (AvgIpc) is 3.06. The van der Waals surface area contributed by atoms with Gasteiger partial charge in [0.2, 0.25) is 0 Å². The second-order valence-electron chi connectivity index (χ2n) is 6.66. The first-order valence-electron chi connectivity index (χ1n) is 9.09. The zero-order chi connectivity index (χ0) is 20.3. The van der Waals surface area contributed by atoms with Gasteiger partial charge < -0.3 is 4.57 Å². The molecule has 3 nitrogen and oxygen atoms in total. The van der Waals surface area contributed by atoms with E-state index in [4.69, 9.17) is 0 Å². The summed E-state index contributed by atoms with van der Waals surface area (Å²) in [6.45, 7) is 0.738. The Morgan fingerprint density at radius 2 is 1.55 bits per heavy atom. The third-order valence-corrected chi connectivity index (χ3v) is 4.62. The average molecular weight is 393 g/mol. The minimum Gasteiger partial charge on any atom is -0.342 e. The van der Waals surface area contributed by atoms with Gasteiger partial charge in [-0.2, -0.15) is 18.3 Å². The molecule has 4 aromatic rings. The summed E-state index contributed by atoms with van der Waals surface area (Å²) in [6.07, 6.45) is -0.639. The van der Waals surface area contributed by atoms with Gasteiger partial charge in [-0.3, -0.25) is 5.43 Å². The van der Waals surface area contributed by atoms with Gasteiger partial charge in [0, 0.05) is 29.2 Å². The summed E-state index contributed by atoms with van der Waals surface area (Å²) in [4.78, 5) is 0. The van der Waals surface area contributed by atoms with Gasteiger partial charge in [-0.05, 0) is 35.9 Å². The molecule has 0 atom stereocenters. The largest absolute Gasteiger partial charge is 0.416 e. The van der Waals surface area contributed by atoms with Gasteiger partial charge in [-0.1, -0.05) is 48.5 Å². The number of hydrogen-bond acceptors (Lipinski definition) is 2. The first kappa shape index (κ1) is 18.8. The van der Waals surface area contributed by atoms with Crippen LogP contribution >= 0.6 is 0 Å². The van der Waals surface area contributed by atoms with E-state index in [2.05, 4.69) is 33.3 Å². The van der Waals surface area contributed by atoms with Crippen LogP contribution in [0.3, 0.4) is 0 Å². The van der Waals surface area contributed by atoms with E-state index in [1.54, 1.807) is 6.21 Å². The zero-order valence-electron chi connectivity index (χ0n) is 15.4. The third kappa shape index (κ3) is 4.32. The number of alkyl halides is 3. The fourth-order valence-electron chi connectivity index (χ4n) is 3.20. The molecule has 1 aromatic heterocycles. The molecule has 6 heteroatoms. The van der Waals surface area contributed by atoms with Crippen molar-refractivity contribution in [1.29, 1.82) is 0 Å². The summed E-state index contributed by atoms with van der Waals surface area (Å²) in [7, 11) is 0. The number of benzene rings is 3. The second kappa shape index (κ2) is 7.83. The number of nitrogens with zero attached hydrogens (tertiary/aromatic N) is 2. The van der Waals surface area contributed by atoms with Crippen LogP contribution in [0.25, 0.3) is 10.9 Å². The zero-order valence-corrected chi connectivity index (χ0v) is 15.4.